The molecule has 1 rings (SSSR count). The van der Waals surface area contributed by atoms with Gasteiger partial charge in [-0.25, -0.2) is 0 Å². The Morgan fingerprint density at radius 2 is 2.54 bits per heavy atom. The zero-order valence-corrected chi connectivity index (χ0v) is 6.60. The maximum atomic E-state index is 10.4. The van der Waals surface area contributed by atoms with E-state index >= 15 is 0 Å². The molecule has 13 heavy (non-hydrogen) atoms. The number of pyridine rings is 1. The number of aromatic nitrogens is 1. The summed E-state index contributed by atoms with van der Waals surface area (Å²) in [7, 11) is 0. The zero-order valence-electron chi connectivity index (χ0n) is 6.60. The average Bonchev–Trinajstić information content (AvgIpc) is 2.15. The number of nitriles is 1. The van der Waals surface area contributed by atoms with Crippen LogP contribution in [0.1, 0.15) is 0 Å². The summed E-state index contributed by atoms with van der Waals surface area (Å²) in [4.78, 5) is 13.5. The van der Waals surface area contributed by atoms with E-state index in [0.29, 0.717) is 5.69 Å². The van der Waals surface area contributed by atoms with Gasteiger partial charge in [-0.05, 0) is 6.07 Å². The van der Waals surface area contributed by atoms with Crippen molar-refractivity contribution in [3.8, 4) is 6.07 Å². The summed E-state index contributed by atoms with van der Waals surface area (Å²) in [6.07, 6.45) is 2.56. The quantitative estimate of drug-likeness (QED) is 0.422. The van der Waals surface area contributed by atoms with Crippen molar-refractivity contribution < 1.29 is 4.92 Å². The first-order valence-electron chi connectivity index (χ1n) is 3.45. The molecule has 0 unspecified atom stereocenters. The molecule has 0 saturated heterocycles. The lowest BCUT2D eigenvalue weighted by molar-refractivity contribution is -0.384. The van der Waals surface area contributed by atoms with Crippen LogP contribution in [0.4, 0.5) is 11.4 Å². The average molecular weight is 178 g/mol. The molecule has 0 aliphatic heterocycles. The first kappa shape index (κ1) is 8.93. The Morgan fingerprint density at radius 1 is 1.77 bits per heavy atom. The van der Waals surface area contributed by atoms with Crippen LogP contribution in [0.15, 0.2) is 18.5 Å². The minimum Gasteiger partial charge on any atom is -0.367 e. The topological polar surface area (TPSA) is 91.8 Å². The Hall–Kier alpha value is -2.16. The van der Waals surface area contributed by atoms with Crippen LogP contribution in [-0.4, -0.2) is 16.5 Å². The van der Waals surface area contributed by atoms with Gasteiger partial charge in [0, 0.05) is 6.20 Å². The Bertz CT molecular complexity index is 358. The van der Waals surface area contributed by atoms with Crippen LogP contribution >= 0.6 is 0 Å². The van der Waals surface area contributed by atoms with E-state index in [4.69, 9.17) is 5.26 Å². The summed E-state index contributed by atoms with van der Waals surface area (Å²) in [6, 6.07) is 3.28. The summed E-state index contributed by atoms with van der Waals surface area (Å²) < 4.78 is 0. The molecule has 0 fully saturated rings. The lowest BCUT2D eigenvalue weighted by atomic mass is 10.3. The molecule has 1 heterocycles. The number of nitro groups is 1. The fourth-order valence-corrected chi connectivity index (χ4v) is 0.816. The van der Waals surface area contributed by atoms with Crippen molar-refractivity contribution >= 4 is 11.4 Å². The van der Waals surface area contributed by atoms with Gasteiger partial charge in [0.2, 0.25) is 0 Å². The van der Waals surface area contributed by atoms with E-state index in [1.54, 1.807) is 0 Å². The normalized spacial score (nSPS) is 8.85. The van der Waals surface area contributed by atoms with E-state index in [-0.39, 0.29) is 12.2 Å². The Labute approximate surface area is 74.0 Å². The SMILES string of the molecule is N#CCNc1ccncc1[N+](=O)[O-]. The molecule has 6 nitrogen and oxygen atoms in total. The third-order valence-corrected chi connectivity index (χ3v) is 1.35. The van der Waals surface area contributed by atoms with Crippen molar-refractivity contribution in [3.63, 3.8) is 0 Å². The first-order valence-corrected chi connectivity index (χ1v) is 3.45. The molecule has 0 saturated carbocycles. The maximum Gasteiger partial charge on any atom is 0.310 e. The largest absolute Gasteiger partial charge is 0.367 e. The Balaban J connectivity index is 2.92. The van der Waals surface area contributed by atoms with Crippen LogP contribution in [0, 0.1) is 21.4 Å². The summed E-state index contributed by atoms with van der Waals surface area (Å²) in [5.74, 6) is 0. The molecule has 6 heteroatoms. The highest BCUT2D eigenvalue weighted by atomic mass is 16.6. The smallest absolute Gasteiger partial charge is 0.310 e. The lowest BCUT2D eigenvalue weighted by Gasteiger charge is -2.00. The standard InChI is InChI=1S/C7H6N4O2/c8-2-4-10-6-1-3-9-5-7(6)11(12)13/h1,3,5H,4H2,(H,9,10). The summed E-state index contributed by atoms with van der Waals surface area (Å²) in [5.41, 5.74) is 0.180. The monoisotopic (exact) mass is 178 g/mol. The van der Waals surface area contributed by atoms with E-state index in [1.807, 2.05) is 6.07 Å². The van der Waals surface area contributed by atoms with Crippen LogP contribution in [-0.2, 0) is 0 Å². The first-order chi connectivity index (χ1) is 6.25. The molecule has 0 atom stereocenters. The van der Waals surface area contributed by atoms with Crippen LogP contribution in [0.5, 0.6) is 0 Å². The fraction of sp³-hybridized carbons (Fsp3) is 0.143. The molecule has 1 N–H and O–H groups in total. The van der Waals surface area contributed by atoms with Gasteiger partial charge in [0.15, 0.2) is 0 Å². The molecule has 0 amide bonds. The van der Waals surface area contributed by atoms with E-state index in [2.05, 4.69) is 10.3 Å². The van der Waals surface area contributed by atoms with E-state index in [0.717, 1.165) is 6.20 Å². The highest BCUT2D eigenvalue weighted by Gasteiger charge is 2.11. The lowest BCUT2D eigenvalue weighted by Crippen LogP contribution is -2.02. The van der Waals surface area contributed by atoms with Gasteiger partial charge in [-0.2, -0.15) is 5.26 Å². The fourth-order valence-electron chi connectivity index (χ4n) is 0.816. The third kappa shape index (κ3) is 2.13. The van der Waals surface area contributed by atoms with Crippen molar-refractivity contribution in [3.05, 3.63) is 28.6 Å². The summed E-state index contributed by atoms with van der Waals surface area (Å²) >= 11 is 0. The van der Waals surface area contributed by atoms with Crippen molar-refractivity contribution in [1.82, 2.24) is 4.98 Å². The Morgan fingerprint density at radius 3 is 3.15 bits per heavy atom. The number of rotatable bonds is 3. The predicted octanol–water partition coefficient (Wildman–Crippen LogP) is 0.925. The summed E-state index contributed by atoms with van der Waals surface area (Å²) in [6.45, 7) is 0.0326. The molecule has 0 spiro atoms. The second-order valence-electron chi connectivity index (χ2n) is 2.16. The predicted molar refractivity (Wildman–Crippen MR) is 45.0 cm³/mol. The van der Waals surface area contributed by atoms with Crippen molar-refractivity contribution in [1.29, 1.82) is 5.26 Å². The van der Waals surface area contributed by atoms with Gasteiger partial charge >= 0.3 is 5.69 Å². The number of hydrogen-bond donors (Lipinski definition) is 1. The number of nitrogens with zero attached hydrogens (tertiary/aromatic N) is 3. The summed E-state index contributed by atoms with van der Waals surface area (Å²) in [5, 5.41) is 21.3. The van der Waals surface area contributed by atoms with Gasteiger partial charge in [-0.1, -0.05) is 0 Å². The maximum absolute atomic E-state index is 10.4. The number of nitrogens with one attached hydrogen (secondary N) is 1. The highest BCUT2D eigenvalue weighted by molar-refractivity contribution is 5.59. The molecule has 0 aromatic carbocycles. The van der Waals surface area contributed by atoms with Gasteiger partial charge in [-0.15, -0.1) is 0 Å². The Kier molecular flexibility index (Phi) is 2.76. The van der Waals surface area contributed by atoms with Gasteiger partial charge in [-0.3, -0.25) is 15.1 Å². The van der Waals surface area contributed by atoms with E-state index in [9.17, 15) is 10.1 Å². The zero-order chi connectivity index (χ0) is 9.68. The number of anilines is 1. The van der Waals surface area contributed by atoms with Crippen LogP contribution in [0.2, 0.25) is 0 Å². The van der Waals surface area contributed by atoms with Gasteiger partial charge in [0.25, 0.3) is 0 Å². The van der Waals surface area contributed by atoms with Crippen molar-refractivity contribution in [2.45, 2.75) is 0 Å². The molecule has 0 aliphatic carbocycles. The second-order valence-corrected chi connectivity index (χ2v) is 2.16. The minimum atomic E-state index is -0.549. The molecule has 0 aliphatic rings. The van der Waals surface area contributed by atoms with Gasteiger partial charge in [0.05, 0.1) is 11.0 Å². The van der Waals surface area contributed by atoms with Crippen molar-refractivity contribution in [2.75, 3.05) is 11.9 Å². The minimum absolute atomic E-state index is 0.0326. The molecule has 0 bridgehead atoms. The van der Waals surface area contributed by atoms with Gasteiger partial charge < -0.3 is 5.32 Å². The van der Waals surface area contributed by atoms with Gasteiger partial charge in [0.1, 0.15) is 18.4 Å². The molecule has 1 aromatic rings. The van der Waals surface area contributed by atoms with Crippen LogP contribution in [0.3, 0.4) is 0 Å². The van der Waals surface area contributed by atoms with Crippen LogP contribution in [0.25, 0.3) is 0 Å². The number of hydrogen-bond acceptors (Lipinski definition) is 5. The third-order valence-electron chi connectivity index (χ3n) is 1.35. The second kappa shape index (κ2) is 4.01. The van der Waals surface area contributed by atoms with Crippen molar-refractivity contribution in [2.24, 2.45) is 0 Å². The van der Waals surface area contributed by atoms with Crippen LogP contribution < -0.4 is 5.32 Å². The van der Waals surface area contributed by atoms with E-state index < -0.39 is 4.92 Å². The van der Waals surface area contributed by atoms with E-state index in [1.165, 1.54) is 12.3 Å². The molecule has 1 aromatic heterocycles. The highest BCUT2D eigenvalue weighted by Crippen LogP contribution is 2.21. The molecular weight excluding hydrogens is 172 g/mol. The molecular formula is C7H6N4O2. The molecule has 0 radical (unpaired) electrons. The molecule has 66 valence electrons.